The summed E-state index contributed by atoms with van der Waals surface area (Å²) in [6.07, 6.45) is 0. The van der Waals surface area contributed by atoms with Crippen molar-refractivity contribution in [1.29, 1.82) is 10.7 Å². The molecule has 0 bridgehead atoms. The molecule has 0 aliphatic rings. The van der Waals surface area contributed by atoms with E-state index in [0.717, 1.165) is 11.1 Å². The van der Waals surface area contributed by atoms with Crippen LogP contribution in [0.5, 0.6) is 0 Å². The van der Waals surface area contributed by atoms with Crippen LogP contribution in [0.3, 0.4) is 0 Å². The lowest BCUT2D eigenvalue weighted by Crippen LogP contribution is -2.30. The smallest absolute Gasteiger partial charge is 0.115 e. The Morgan fingerprint density at radius 1 is 1.00 bits per heavy atom. The molecule has 0 radical (unpaired) electrons. The number of allylic oxidation sites excluding steroid dienone is 1. The summed E-state index contributed by atoms with van der Waals surface area (Å²) >= 11 is 6.14. The number of aliphatic hydroxyl groups is 1. The van der Waals surface area contributed by atoms with Crippen molar-refractivity contribution < 1.29 is 5.11 Å². The fourth-order valence-corrected chi connectivity index (χ4v) is 3.96. The van der Waals surface area contributed by atoms with Crippen LogP contribution in [0, 0.1) is 16.7 Å². The van der Waals surface area contributed by atoms with Gasteiger partial charge >= 0.3 is 0 Å². The molecule has 3 aromatic carbocycles. The highest BCUT2D eigenvalue weighted by Crippen LogP contribution is 2.34. The van der Waals surface area contributed by atoms with E-state index in [-0.39, 0.29) is 5.71 Å². The average molecular weight is 430 g/mol. The van der Waals surface area contributed by atoms with Crippen molar-refractivity contribution in [3.63, 3.8) is 0 Å². The number of benzene rings is 3. The molecular formula is C26H24ClN3O. The van der Waals surface area contributed by atoms with Gasteiger partial charge in [-0.1, -0.05) is 66.2 Å². The summed E-state index contributed by atoms with van der Waals surface area (Å²) in [5.74, 6) is 0. The van der Waals surface area contributed by atoms with Crippen molar-refractivity contribution in [2.24, 2.45) is 0 Å². The minimum absolute atomic E-state index is 0.252. The number of anilines is 1. The minimum atomic E-state index is -1.38. The van der Waals surface area contributed by atoms with Gasteiger partial charge in [0.05, 0.1) is 10.6 Å². The topological polar surface area (TPSA) is 79.9 Å². The van der Waals surface area contributed by atoms with Crippen LogP contribution < -0.4 is 5.32 Å². The summed E-state index contributed by atoms with van der Waals surface area (Å²) in [6, 6.07) is 24.8. The number of nitriles is 1. The highest BCUT2D eigenvalue weighted by Gasteiger charge is 2.31. The van der Waals surface area contributed by atoms with Crippen LogP contribution in [0.2, 0.25) is 5.02 Å². The number of nitrogens with zero attached hydrogens (tertiary/aromatic N) is 1. The Hall–Kier alpha value is -3.39. The summed E-state index contributed by atoms with van der Waals surface area (Å²) in [4.78, 5) is 0. The molecule has 0 heterocycles. The third kappa shape index (κ3) is 4.86. The average Bonchev–Trinajstić information content (AvgIpc) is 2.74. The van der Waals surface area contributed by atoms with Gasteiger partial charge in [-0.25, -0.2) is 0 Å². The SMILES string of the molecule is CC(=N)/C(=C(/C)Nc1ccc(C#N)c(Cl)c1)C(C)(O)c1ccc(-c2ccccc2)cc1. The van der Waals surface area contributed by atoms with Crippen molar-refractivity contribution in [2.45, 2.75) is 26.4 Å². The van der Waals surface area contributed by atoms with Gasteiger partial charge in [-0.15, -0.1) is 0 Å². The summed E-state index contributed by atoms with van der Waals surface area (Å²) in [5.41, 5.74) is 3.88. The van der Waals surface area contributed by atoms with E-state index in [1.165, 1.54) is 0 Å². The molecule has 0 aromatic heterocycles. The van der Waals surface area contributed by atoms with E-state index in [2.05, 4.69) is 5.32 Å². The van der Waals surface area contributed by atoms with Gasteiger partial charge in [0.2, 0.25) is 0 Å². The fraction of sp³-hybridized carbons (Fsp3) is 0.154. The largest absolute Gasteiger partial charge is 0.381 e. The van der Waals surface area contributed by atoms with Gasteiger partial charge in [-0.2, -0.15) is 5.26 Å². The molecule has 1 atom stereocenters. The first-order chi connectivity index (χ1) is 14.7. The lowest BCUT2D eigenvalue weighted by atomic mass is 9.83. The Morgan fingerprint density at radius 2 is 1.61 bits per heavy atom. The zero-order valence-electron chi connectivity index (χ0n) is 17.7. The second kappa shape index (κ2) is 9.18. The molecule has 156 valence electrons. The Bertz CT molecular complexity index is 1170. The Kier molecular flexibility index (Phi) is 6.60. The first-order valence-electron chi connectivity index (χ1n) is 9.86. The van der Waals surface area contributed by atoms with Crippen LogP contribution >= 0.6 is 11.6 Å². The molecule has 31 heavy (non-hydrogen) atoms. The van der Waals surface area contributed by atoms with E-state index in [0.29, 0.717) is 33.1 Å². The van der Waals surface area contributed by atoms with Crippen LogP contribution in [0.25, 0.3) is 11.1 Å². The number of halogens is 1. The van der Waals surface area contributed by atoms with Crippen LogP contribution in [0.4, 0.5) is 5.69 Å². The van der Waals surface area contributed by atoms with Crippen LogP contribution in [-0.4, -0.2) is 10.8 Å². The third-order valence-corrected chi connectivity index (χ3v) is 5.53. The number of rotatable bonds is 6. The van der Waals surface area contributed by atoms with Gasteiger partial charge in [0.1, 0.15) is 11.7 Å². The highest BCUT2D eigenvalue weighted by molar-refractivity contribution is 6.32. The fourth-order valence-electron chi connectivity index (χ4n) is 3.74. The van der Waals surface area contributed by atoms with E-state index in [9.17, 15) is 5.11 Å². The molecule has 0 amide bonds. The van der Waals surface area contributed by atoms with Crippen LogP contribution in [0.1, 0.15) is 31.9 Å². The molecule has 3 N–H and O–H groups in total. The van der Waals surface area contributed by atoms with Crippen molar-refractivity contribution in [3.05, 3.63) is 100 Å². The predicted molar refractivity (Wildman–Crippen MR) is 127 cm³/mol. The quantitative estimate of drug-likeness (QED) is 0.390. The maximum Gasteiger partial charge on any atom is 0.115 e. The lowest BCUT2D eigenvalue weighted by Gasteiger charge is -2.29. The van der Waals surface area contributed by atoms with E-state index < -0.39 is 5.60 Å². The van der Waals surface area contributed by atoms with Gasteiger partial charge in [-0.05, 0) is 55.7 Å². The maximum absolute atomic E-state index is 11.5. The van der Waals surface area contributed by atoms with E-state index in [1.54, 1.807) is 32.0 Å². The Balaban J connectivity index is 1.96. The van der Waals surface area contributed by atoms with Crippen molar-refractivity contribution >= 4 is 23.0 Å². The van der Waals surface area contributed by atoms with E-state index >= 15 is 0 Å². The maximum atomic E-state index is 11.5. The van der Waals surface area contributed by atoms with Gasteiger partial charge in [-0.3, -0.25) is 0 Å². The third-order valence-electron chi connectivity index (χ3n) is 5.21. The highest BCUT2D eigenvalue weighted by atomic mass is 35.5. The first-order valence-corrected chi connectivity index (χ1v) is 10.2. The molecule has 0 spiro atoms. The standard InChI is InChI=1S/C26H24ClN3O/c1-17(29)25(18(2)30-23-14-11-21(16-28)24(27)15-23)26(3,31)22-12-9-20(10-13-22)19-7-5-4-6-8-19/h4-15,29-31H,1-3H3/b25-18+,29-17?. The molecule has 0 saturated heterocycles. The van der Waals surface area contributed by atoms with Crippen molar-refractivity contribution in [3.8, 4) is 17.2 Å². The van der Waals surface area contributed by atoms with Gasteiger partial charge in [0, 0.05) is 22.7 Å². The molecule has 4 nitrogen and oxygen atoms in total. The molecule has 5 heteroatoms. The summed E-state index contributed by atoms with van der Waals surface area (Å²) in [7, 11) is 0. The number of nitrogens with one attached hydrogen (secondary N) is 2. The second-order valence-corrected chi connectivity index (χ2v) is 7.98. The summed E-state index contributed by atoms with van der Waals surface area (Å²) < 4.78 is 0. The molecule has 3 aromatic rings. The molecule has 0 aliphatic carbocycles. The minimum Gasteiger partial charge on any atom is -0.381 e. The van der Waals surface area contributed by atoms with E-state index in [1.807, 2.05) is 67.6 Å². The summed E-state index contributed by atoms with van der Waals surface area (Å²) in [5, 5.41) is 32.4. The first kappa shape index (κ1) is 22.3. The molecule has 1 unspecified atom stereocenters. The van der Waals surface area contributed by atoms with Gasteiger partial charge in [0.25, 0.3) is 0 Å². The number of hydrogen-bond acceptors (Lipinski definition) is 4. The number of hydrogen-bond donors (Lipinski definition) is 3. The van der Waals surface area contributed by atoms with Crippen LogP contribution in [0.15, 0.2) is 84.1 Å². The summed E-state index contributed by atoms with van der Waals surface area (Å²) in [6.45, 7) is 5.15. The van der Waals surface area contributed by atoms with Gasteiger partial charge < -0.3 is 15.8 Å². The Morgan fingerprint density at radius 3 is 2.16 bits per heavy atom. The normalized spacial score (nSPS) is 13.5. The second-order valence-electron chi connectivity index (χ2n) is 7.57. The molecule has 0 saturated carbocycles. The Labute approximate surface area is 188 Å². The zero-order chi connectivity index (χ0) is 22.6. The van der Waals surface area contributed by atoms with E-state index in [4.69, 9.17) is 22.3 Å². The molecule has 0 fully saturated rings. The monoisotopic (exact) mass is 429 g/mol. The lowest BCUT2D eigenvalue weighted by molar-refractivity contribution is 0.103. The van der Waals surface area contributed by atoms with Crippen molar-refractivity contribution in [2.75, 3.05) is 5.32 Å². The molecule has 3 rings (SSSR count). The van der Waals surface area contributed by atoms with Crippen molar-refractivity contribution in [1.82, 2.24) is 0 Å². The van der Waals surface area contributed by atoms with Crippen LogP contribution in [-0.2, 0) is 5.60 Å². The molecule has 0 aliphatic heterocycles. The van der Waals surface area contributed by atoms with Gasteiger partial charge in [0.15, 0.2) is 0 Å². The zero-order valence-corrected chi connectivity index (χ0v) is 18.5. The predicted octanol–water partition coefficient (Wildman–Crippen LogP) is 6.51. The molecular weight excluding hydrogens is 406 g/mol.